The first kappa shape index (κ1) is 36.5. The molecule has 0 atom stereocenters. The van der Waals surface area contributed by atoms with Gasteiger partial charge in [-0.1, -0.05) is 13.0 Å². The van der Waals surface area contributed by atoms with Crippen molar-refractivity contribution in [2.75, 3.05) is 52.5 Å². The average Bonchev–Trinajstić information content (AvgIpc) is 3.01. The summed E-state index contributed by atoms with van der Waals surface area (Å²) in [6.07, 6.45) is -1.71. The first-order valence-corrected chi connectivity index (χ1v) is 15.8. The van der Waals surface area contributed by atoms with Crippen molar-refractivity contribution in [3.8, 4) is 11.5 Å². The largest absolute Gasteiger partial charge is 0.465 e. The molecular weight excluding hydrogens is 627 g/mol. The molecule has 0 N–H and O–H groups in total. The molecule has 1 saturated carbocycles. The lowest BCUT2D eigenvalue weighted by Gasteiger charge is -2.36. The van der Waals surface area contributed by atoms with Crippen molar-refractivity contribution in [3.63, 3.8) is 0 Å². The highest BCUT2D eigenvalue weighted by Gasteiger charge is 2.38. The quantitative estimate of drug-likeness (QED) is 0.173. The fraction of sp³-hybridized carbons (Fsp3) is 0.588. The van der Waals surface area contributed by atoms with Gasteiger partial charge in [0.1, 0.15) is 11.5 Å². The Morgan fingerprint density at radius 1 is 1.00 bits per heavy atom. The Morgan fingerprint density at radius 3 is 2.28 bits per heavy atom. The summed E-state index contributed by atoms with van der Waals surface area (Å²) < 4.78 is 92.0. The van der Waals surface area contributed by atoms with Crippen LogP contribution < -0.4 is 9.64 Å². The number of esters is 1. The van der Waals surface area contributed by atoms with Crippen LogP contribution in [0.5, 0.6) is 11.5 Å². The number of nitrogens with zero attached hydrogens (tertiary/aromatic N) is 2. The minimum absolute atomic E-state index is 0.0754. The standard InChI is InChI=1S/C34H43F5N2O6/c1-22-6-9-24(10-7-22)31(42)41(25(19-44-2)20-45-3)29-12-11-26(17-27(29)32(43)46-4)47-30-13-8-23(16-28(30)34(37,38)39)18-40-15-5-14-33(35,36)21-40/h8,11-13,16-17,22,24-25H,5-7,9-10,14-15,18-21H2,1-4H3/t22-,24-. The van der Waals surface area contributed by atoms with Gasteiger partial charge in [-0.25, -0.2) is 13.6 Å². The normalized spacial score (nSPS) is 20.2. The Morgan fingerprint density at radius 2 is 1.68 bits per heavy atom. The Bertz CT molecular complexity index is 1370. The first-order valence-electron chi connectivity index (χ1n) is 15.8. The Balaban J connectivity index is 1.69. The van der Waals surface area contributed by atoms with Crippen LogP contribution in [-0.2, 0) is 31.7 Å². The summed E-state index contributed by atoms with van der Waals surface area (Å²) in [5.41, 5.74) is -0.778. The van der Waals surface area contributed by atoms with E-state index in [1.165, 1.54) is 48.3 Å². The van der Waals surface area contributed by atoms with Gasteiger partial charge in [0.2, 0.25) is 5.91 Å². The van der Waals surface area contributed by atoms with Crippen LogP contribution >= 0.6 is 0 Å². The fourth-order valence-electron chi connectivity index (χ4n) is 6.40. The SMILES string of the molecule is COCC(COC)N(c1ccc(Oc2ccc(CN3CCCC(F)(F)C3)cc2C(F)(F)F)cc1C(=O)OC)C(=O)[C@H]1CC[C@H](C)CC1. The van der Waals surface area contributed by atoms with E-state index in [9.17, 15) is 31.5 Å². The third kappa shape index (κ3) is 9.41. The van der Waals surface area contributed by atoms with Gasteiger partial charge >= 0.3 is 12.1 Å². The van der Waals surface area contributed by atoms with Crippen molar-refractivity contribution < 1.29 is 50.5 Å². The smallest absolute Gasteiger partial charge is 0.419 e. The zero-order valence-electron chi connectivity index (χ0n) is 27.2. The van der Waals surface area contributed by atoms with E-state index >= 15 is 0 Å². The molecule has 8 nitrogen and oxygen atoms in total. The minimum Gasteiger partial charge on any atom is -0.465 e. The predicted octanol–water partition coefficient (Wildman–Crippen LogP) is 7.34. The highest BCUT2D eigenvalue weighted by molar-refractivity contribution is 6.04. The maximum absolute atomic E-state index is 14.2. The molecule has 0 radical (unpaired) electrons. The zero-order chi connectivity index (χ0) is 34.4. The van der Waals surface area contributed by atoms with Crippen molar-refractivity contribution in [1.29, 1.82) is 0 Å². The summed E-state index contributed by atoms with van der Waals surface area (Å²) >= 11 is 0. The number of ether oxygens (including phenoxy) is 4. The van der Waals surface area contributed by atoms with Crippen molar-refractivity contribution in [2.24, 2.45) is 11.8 Å². The molecule has 4 rings (SSSR count). The van der Waals surface area contributed by atoms with Crippen LogP contribution in [0.15, 0.2) is 36.4 Å². The Hall–Kier alpha value is -3.29. The molecule has 0 unspecified atom stereocenters. The molecule has 0 bridgehead atoms. The Kier molecular flexibility index (Phi) is 12.2. The third-order valence-corrected chi connectivity index (χ3v) is 8.77. The van der Waals surface area contributed by atoms with E-state index in [1.807, 2.05) is 0 Å². The van der Waals surface area contributed by atoms with Crippen LogP contribution in [0.4, 0.5) is 27.6 Å². The maximum atomic E-state index is 14.2. The van der Waals surface area contributed by atoms with Crippen LogP contribution in [-0.4, -0.2) is 76.4 Å². The topological polar surface area (TPSA) is 77.5 Å². The molecule has 0 spiro atoms. The molecule has 1 amide bonds. The number of alkyl halides is 5. The molecule has 2 fully saturated rings. The van der Waals surface area contributed by atoms with Crippen molar-refractivity contribution in [1.82, 2.24) is 4.90 Å². The molecule has 1 saturated heterocycles. The van der Waals surface area contributed by atoms with Crippen molar-refractivity contribution in [2.45, 2.75) is 70.1 Å². The van der Waals surface area contributed by atoms with Gasteiger partial charge in [0.25, 0.3) is 5.92 Å². The van der Waals surface area contributed by atoms with E-state index < -0.39 is 42.0 Å². The summed E-state index contributed by atoms with van der Waals surface area (Å²) in [5.74, 6) is -4.36. The molecule has 2 aliphatic rings. The first-order chi connectivity index (χ1) is 22.3. The molecule has 2 aromatic carbocycles. The molecule has 1 heterocycles. The van der Waals surface area contributed by atoms with Gasteiger partial charge in [-0.05, 0) is 80.5 Å². The molecule has 260 valence electrons. The van der Waals surface area contributed by atoms with Crippen LogP contribution in [0.3, 0.4) is 0 Å². The Labute approximate surface area is 272 Å². The van der Waals surface area contributed by atoms with Crippen LogP contribution in [0.25, 0.3) is 0 Å². The highest BCUT2D eigenvalue weighted by atomic mass is 19.4. The molecular formula is C34H43F5N2O6. The molecule has 0 aromatic heterocycles. The van der Waals surface area contributed by atoms with Gasteiger partial charge in [0.15, 0.2) is 0 Å². The highest BCUT2D eigenvalue weighted by Crippen LogP contribution is 2.41. The zero-order valence-corrected chi connectivity index (χ0v) is 27.2. The number of likely N-dealkylation sites (tertiary alicyclic amines) is 1. The minimum atomic E-state index is -4.82. The van der Waals surface area contributed by atoms with Crippen LogP contribution in [0, 0.1) is 11.8 Å². The summed E-state index contributed by atoms with van der Waals surface area (Å²) in [6.45, 7) is 2.08. The number of piperidine rings is 1. The fourth-order valence-corrected chi connectivity index (χ4v) is 6.40. The average molecular weight is 671 g/mol. The van der Waals surface area contributed by atoms with Gasteiger partial charge in [-0.2, -0.15) is 13.2 Å². The summed E-state index contributed by atoms with van der Waals surface area (Å²) in [4.78, 5) is 30.1. The molecule has 1 aliphatic heterocycles. The lowest BCUT2D eigenvalue weighted by atomic mass is 9.82. The van der Waals surface area contributed by atoms with Crippen molar-refractivity contribution >= 4 is 17.6 Å². The number of carbonyl (C=O) groups is 2. The van der Waals surface area contributed by atoms with E-state index in [-0.39, 0.29) is 67.0 Å². The van der Waals surface area contributed by atoms with Gasteiger partial charge in [0, 0.05) is 33.1 Å². The van der Waals surface area contributed by atoms with Gasteiger partial charge in [0.05, 0.1) is 49.7 Å². The maximum Gasteiger partial charge on any atom is 0.419 e. The third-order valence-electron chi connectivity index (χ3n) is 8.77. The molecule has 13 heteroatoms. The summed E-state index contributed by atoms with van der Waals surface area (Å²) in [5, 5.41) is 0. The molecule has 2 aromatic rings. The van der Waals surface area contributed by atoms with E-state index in [4.69, 9.17) is 18.9 Å². The number of halogens is 5. The number of hydrogen-bond donors (Lipinski definition) is 0. The van der Waals surface area contributed by atoms with Gasteiger partial charge in [-0.3, -0.25) is 9.69 Å². The van der Waals surface area contributed by atoms with E-state index in [0.717, 1.165) is 32.1 Å². The van der Waals surface area contributed by atoms with E-state index in [1.54, 1.807) is 0 Å². The lowest BCUT2D eigenvalue weighted by Crippen LogP contribution is -2.49. The predicted molar refractivity (Wildman–Crippen MR) is 165 cm³/mol. The van der Waals surface area contributed by atoms with Crippen LogP contribution in [0.1, 0.15) is 66.9 Å². The second-order valence-corrected chi connectivity index (χ2v) is 12.5. The number of methoxy groups -OCH3 is 3. The number of anilines is 1. The van der Waals surface area contributed by atoms with E-state index in [0.29, 0.717) is 25.3 Å². The second kappa shape index (κ2) is 15.7. The monoisotopic (exact) mass is 670 g/mol. The number of rotatable bonds is 12. The second-order valence-electron chi connectivity index (χ2n) is 12.5. The number of hydrogen-bond acceptors (Lipinski definition) is 7. The molecule has 1 aliphatic carbocycles. The van der Waals surface area contributed by atoms with Gasteiger partial charge in [-0.15, -0.1) is 0 Å². The number of carbonyl (C=O) groups excluding carboxylic acids is 2. The molecule has 47 heavy (non-hydrogen) atoms. The van der Waals surface area contributed by atoms with Crippen LogP contribution in [0.2, 0.25) is 0 Å². The number of amides is 1. The summed E-state index contributed by atoms with van der Waals surface area (Å²) in [7, 11) is 4.13. The van der Waals surface area contributed by atoms with Crippen molar-refractivity contribution in [3.05, 3.63) is 53.1 Å². The van der Waals surface area contributed by atoms with E-state index in [2.05, 4.69) is 6.92 Å². The summed E-state index contributed by atoms with van der Waals surface area (Å²) in [6, 6.07) is 6.88. The lowest BCUT2D eigenvalue weighted by molar-refractivity contribution is -0.138. The van der Waals surface area contributed by atoms with Gasteiger partial charge < -0.3 is 23.8 Å². The number of benzene rings is 2.